The number of carboxylic acids is 1. The summed E-state index contributed by atoms with van der Waals surface area (Å²) in [5.41, 5.74) is 0. The Kier molecular flexibility index (Phi) is 8.58. The van der Waals surface area contributed by atoms with Crippen molar-refractivity contribution in [3.05, 3.63) is 0 Å². The topological polar surface area (TPSA) is 63.6 Å². The third-order valence-corrected chi connectivity index (χ3v) is 2.38. The number of rotatable bonds is 9. The van der Waals surface area contributed by atoms with E-state index in [2.05, 4.69) is 6.92 Å². The summed E-state index contributed by atoms with van der Waals surface area (Å²) >= 11 is 0. The second kappa shape index (κ2) is 9.19. The summed E-state index contributed by atoms with van der Waals surface area (Å²) in [5, 5.41) is 8.48. The fourth-order valence-electron chi connectivity index (χ4n) is 1.35. The number of hydrogen-bond acceptors (Lipinski definition) is 3. The SMILES string of the molecule is CCCCCOC(=O)CC(C)CCC(=O)O. The molecule has 4 nitrogen and oxygen atoms in total. The van der Waals surface area contributed by atoms with E-state index >= 15 is 0 Å². The lowest BCUT2D eigenvalue weighted by Gasteiger charge is -2.09. The van der Waals surface area contributed by atoms with Crippen LogP contribution >= 0.6 is 0 Å². The molecule has 0 aromatic carbocycles. The van der Waals surface area contributed by atoms with E-state index in [0.29, 0.717) is 19.4 Å². The molecule has 0 saturated carbocycles. The third-order valence-electron chi connectivity index (χ3n) is 2.38. The molecule has 1 unspecified atom stereocenters. The summed E-state index contributed by atoms with van der Waals surface area (Å²) < 4.78 is 5.04. The molecule has 0 radical (unpaired) electrons. The molecular formula is C12H22O4. The van der Waals surface area contributed by atoms with Crippen LogP contribution in [0.1, 0.15) is 52.4 Å². The molecule has 4 heteroatoms. The van der Waals surface area contributed by atoms with Gasteiger partial charge in [0, 0.05) is 12.8 Å². The van der Waals surface area contributed by atoms with Crippen molar-refractivity contribution in [2.45, 2.75) is 52.4 Å². The first-order valence-corrected chi connectivity index (χ1v) is 5.93. The zero-order chi connectivity index (χ0) is 12.4. The Hall–Kier alpha value is -1.06. The van der Waals surface area contributed by atoms with Crippen LogP contribution in [0.15, 0.2) is 0 Å². The van der Waals surface area contributed by atoms with Gasteiger partial charge in [-0.05, 0) is 18.8 Å². The molecule has 1 N–H and O–H groups in total. The maximum absolute atomic E-state index is 11.3. The average Bonchev–Trinajstić information content (AvgIpc) is 2.21. The van der Waals surface area contributed by atoms with Crippen molar-refractivity contribution in [3.8, 4) is 0 Å². The second-order valence-electron chi connectivity index (χ2n) is 4.17. The van der Waals surface area contributed by atoms with Gasteiger partial charge in [-0.3, -0.25) is 9.59 Å². The molecule has 94 valence electrons. The molecule has 0 aliphatic carbocycles. The van der Waals surface area contributed by atoms with Crippen molar-refractivity contribution in [1.82, 2.24) is 0 Å². The van der Waals surface area contributed by atoms with Gasteiger partial charge in [-0.1, -0.05) is 26.7 Å². The standard InChI is InChI=1S/C12H22O4/c1-3-4-5-8-16-12(15)9-10(2)6-7-11(13)14/h10H,3-9H2,1-2H3,(H,13,14). The van der Waals surface area contributed by atoms with Crippen LogP contribution in [0, 0.1) is 5.92 Å². The summed E-state index contributed by atoms with van der Waals surface area (Å²) in [6.07, 6.45) is 4.04. The molecular weight excluding hydrogens is 208 g/mol. The quantitative estimate of drug-likeness (QED) is 0.488. The van der Waals surface area contributed by atoms with Gasteiger partial charge in [0.05, 0.1) is 6.61 Å². The first-order valence-electron chi connectivity index (χ1n) is 5.93. The van der Waals surface area contributed by atoms with E-state index in [1.807, 2.05) is 6.92 Å². The highest BCUT2D eigenvalue weighted by Crippen LogP contribution is 2.11. The van der Waals surface area contributed by atoms with Crippen molar-refractivity contribution in [1.29, 1.82) is 0 Å². The van der Waals surface area contributed by atoms with Gasteiger partial charge in [-0.2, -0.15) is 0 Å². The number of carbonyl (C=O) groups excluding carboxylic acids is 1. The molecule has 16 heavy (non-hydrogen) atoms. The molecule has 0 saturated heterocycles. The zero-order valence-corrected chi connectivity index (χ0v) is 10.2. The lowest BCUT2D eigenvalue weighted by Crippen LogP contribution is -2.11. The van der Waals surface area contributed by atoms with E-state index in [4.69, 9.17) is 9.84 Å². The van der Waals surface area contributed by atoms with E-state index in [-0.39, 0.29) is 18.3 Å². The van der Waals surface area contributed by atoms with E-state index in [9.17, 15) is 9.59 Å². The zero-order valence-electron chi connectivity index (χ0n) is 10.2. The molecule has 0 aliphatic rings. The van der Waals surface area contributed by atoms with Gasteiger partial charge in [0.1, 0.15) is 0 Å². The molecule has 0 aromatic heterocycles. The van der Waals surface area contributed by atoms with Crippen LogP contribution in [0.4, 0.5) is 0 Å². The van der Waals surface area contributed by atoms with Crippen molar-refractivity contribution in [3.63, 3.8) is 0 Å². The largest absolute Gasteiger partial charge is 0.481 e. The number of aliphatic carboxylic acids is 1. The minimum absolute atomic E-state index is 0.0785. The Bertz CT molecular complexity index is 213. The highest BCUT2D eigenvalue weighted by molar-refractivity contribution is 5.70. The van der Waals surface area contributed by atoms with Crippen molar-refractivity contribution in [2.75, 3.05) is 6.61 Å². The highest BCUT2D eigenvalue weighted by atomic mass is 16.5. The lowest BCUT2D eigenvalue weighted by atomic mass is 10.0. The Balaban J connectivity index is 3.50. The summed E-state index contributed by atoms with van der Waals surface area (Å²) in [6.45, 7) is 4.45. The van der Waals surface area contributed by atoms with Crippen LogP contribution in [0.3, 0.4) is 0 Å². The normalized spacial score (nSPS) is 12.1. The van der Waals surface area contributed by atoms with Crippen molar-refractivity contribution < 1.29 is 19.4 Å². The van der Waals surface area contributed by atoms with Gasteiger partial charge in [0.15, 0.2) is 0 Å². The van der Waals surface area contributed by atoms with Crippen LogP contribution in [0.2, 0.25) is 0 Å². The molecule has 0 amide bonds. The van der Waals surface area contributed by atoms with Gasteiger partial charge in [-0.15, -0.1) is 0 Å². The minimum atomic E-state index is -0.817. The smallest absolute Gasteiger partial charge is 0.306 e. The Labute approximate surface area is 97.0 Å². The first kappa shape index (κ1) is 14.9. The van der Waals surface area contributed by atoms with Gasteiger partial charge < -0.3 is 9.84 Å². The van der Waals surface area contributed by atoms with E-state index < -0.39 is 5.97 Å². The van der Waals surface area contributed by atoms with E-state index in [1.165, 1.54) is 0 Å². The van der Waals surface area contributed by atoms with Gasteiger partial charge >= 0.3 is 11.9 Å². The number of carboxylic acid groups (broad SMARTS) is 1. The number of carbonyl (C=O) groups is 2. The van der Waals surface area contributed by atoms with Gasteiger partial charge in [0.2, 0.25) is 0 Å². The number of unbranched alkanes of at least 4 members (excludes halogenated alkanes) is 2. The van der Waals surface area contributed by atoms with E-state index in [1.54, 1.807) is 0 Å². The Morgan fingerprint density at radius 1 is 1.31 bits per heavy atom. The fraction of sp³-hybridized carbons (Fsp3) is 0.833. The molecule has 0 spiro atoms. The number of esters is 1. The predicted molar refractivity (Wildman–Crippen MR) is 61.1 cm³/mol. The molecule has 0 rings (SSSR count). The first-order chi connectivity index (χ1) is 7.56. The Morgan fingerprint density at radius 2 is 2.00 bits per heavy atom. The van der Waals surface area contributed by atoms with Crippen LogP contribution < -0.4 is 0 Å². The average molecular weight is 230 g/mol. The van der Waals surface area contributed by atoms with E-state index in [0.717, 1.165) is 19.3 Å². The van der Waals surface area contributed by atoms with Gasteiger partial charge in [-0.25, -0.2) is 0 Å². The second-order valence-corrected chi connectivity index (χ2v) is 4.17. The number of ether oxygens (including phenoxy) is 1. The van der Waals surface area contributed by atoms with Gasteiger partial charge in [0.25, 0.3) is 0 Å². The van der Waals surface area contributed by atoms with Crippen molar-refractivity contribution >= 4 is 11.9 Å². The molecule has 0 aliphatic heterocycles. The fourth-order valence-corrected chi connectivity index (χ4v) is 1.35. The molecule has 1 atom stereocenters. The third kappa shape index (κ3) is 9.49. The van der Waals surface area contributed by atoms with Crippen LogP contribution in [0.25, 0.3) is 0 Å². The monoisotopic (exact) mass is 230 g/mol. The molecule has 0 bridgehead atoms. The van der Waals surface area contributed by atoms with Crippen LogP contribution in [-0.4, -0.2) is 23.7 Å². The predicted octanol–water partition coefficient (Wildman–Crippen LogP) is 2.61. The van der Waals surface area contributed by atoms with Crippen molar-refractivity contribution in [2.24, 2.45) is 5.92 Å². The lowest BCUT2D eigenvalue weighted by molar-refractivity contribution is -0.145. The summed E-state index contributed by atoms with van der Waals surface area (Å²) in [6, 6.07) is 0. The maximum atomic E-state index is 11.3. The summed E-state index contributed by atoms with van der Waals surface area (Å²) in [5.74, 6) is -0.952. The Morgan fingerprint density at radius 3 is 2.56 bits per heavy atom. The van der Waals surface area contributed by atoms with Crippen LogP contribution in [0.5, 0.6) is 0 Å². The molecule has 0 heterocycles. The number of hydrogen-bond donors (Lipinski definition) is 1. The summed E-state index contributed by atoms with van der Waals surface area (Å²) in [4.78, 5) is 21.6. The molecule has 0 aromatic rings. The minimum Gasteiger partial charge on any atom is -0.481 e. The van der Waals surface area contributed by atoms with Crippen LogP contribution in [-0.2, 0) is 14.3 Å². The molecule has 0 fully saturated rings. The maximum Gasteiger partial charge on any atom is 0.306 e. The highest BCUT2D eigenvalue weighted by Gasteiger charge is 2.11. The summed E-state index contributed by atoms with van der Waals surface area (Å²) in [7, 11) is 0.